The molecular weight excluding hydrogens is 623 g/mol. The number of hydrogen-bond acceptors (Lipinski definition) is 2. The minimum Gasteiger partial charge on any atom is -0.452 e. The number of pyridine rings is 1. The fourth-order valence-electron chi connectivity index (χ4n) is 8.23. The van der Waals surface area contributed by atoms with Gasteiger partial charge in [-0.1, -0.05) is 103 Å². The molecule has 0 aliphatic heterocycles. The number of furan rings is 1. The molecule has 0 unspecified atom stereocenters. The van der Waals surface area contributed by atoms with Crippen molar-refractivity contribution in [3.8, 4) is 33.6 Å². The quantitative estimate of drug-likeness (QED) is 0.190. The standard InChI is InChI=1S/C47H29N3O/c1-3-14-30(15-4-1)36-29-43-38(32-18-7-9-22-39(32)49(43)31-16-5-2-6-17-31)28-37(36)33-20-11-24-41-45(33)34-19-8-10-23-40(34)50(41)42-25-12-21-35-46-44(51-47(35)42)26-13-27-48-46/h1-29H. The molecule has 0 amide bonds. The third-order valence-electron chi connectivity index (χ3n) is 10.4. The van der Waals surface area contributed by atoms with Gasteiger partial charge in [0.2, 0.25) is 0 Å². The van der Waals surface area contributed by atoms with Crippen LogP contribution < -0.4 is 0 Å². The van der Waals surface area contributed by atoms with Gasteiger partial charge < -0.3 is 13.6 Å². The van der Waals surface area contributed by atoms with Crippen LogP contribution in [0.3, 0.4) is 0 Å². The molecule has 4 heterocycles. The van der Waals surface area contributed by atoms with Gasteiger partial charge in [0.15, 0.2) is 11.2 Å². The Kier molecular flexibility index (Phi) is 5.92. The molecule has 0 N–H and O–H groups in total. The highest BCUT2D eigenvalue weighted by Crippen LogP contribution is 2.46. The van der Waals surface area contributed by atoms with E-state index in [1.165, 1.54) is 54.8 Å². The number of para-hydroxylation sites is 4. The van der Waals surface area contributed by atoms with Crippen molar-refractivity contribution in [3.63, 3.8) is 0 Å². The van der Waals surface area contributed by atoms with Crippen LogP contribution >= 0.6 is 0 Å². The summed E-state index contributed by atoms with van der Waals surface area (Å²) in [7, 11) is 0. The predicted molar refractivity (Wildman–Crippen MR) is 211 cm³/mol. The largest absolute Gasteiger partial charge is 0.452 e. The molecule has 0 fully saturated rings. The molecule has 11 aromatic rings. The molecule has 0 atom stereocenters. The third-order valence-corrected chi connectivity index (χ3v) is 10.4. The minimum atomic E-state index is 0.789. The van der Waals surface area contributed by atoms with E-state index in [1.807, 2.05) is 18.3 Å². The molecule has 0 spiro atoms. The van der Waals surface area contributed by atoms with Crippen molar-refractivity contribution in [1.29, 1.82) is 0 Å². The molecule has 11 rings (SSSR count). The van der Waals surface area contributed by atoms with Gasteiger partial charge in [0.1, 0.15) is 5.52 Å². The Morgan fingerprint density at radius 1 is 0.431 bits per heavy atom. The van der Waals surface area contributed by atoms with E-state index >= 15 is 0 Å². The van der Waals surface area contributed by atoms with E-state index in [-0.39, 0.29) is 0 Å². The average molecular weight is 652 g/mol. The summed E-state index contributed by atoms with van der Waals surface area (Å²) < 4.78 is 11.3. The Labute approximate surface area is 293 Å². The van der Waals surface area contributed by atoms with Crippen molar-refractivity contribution in [2.45, 2.75) is 0 Å². The summed E-state index contributed by atoms with van der Waals surface area (Å²) in [5.41, 5.74) is 14.0. The molecule has 238 valence electrons. The Morgan fingerprint density at radius 3 is 1.96 bits per heavy atom. The highest BCUT2D eigenvalue weighted by atomic mass is 16.3. The van der Waals surface area contributed by atoms with Gasteiger partial charge in [-0.05, 0) is 89.0 Å². The topological polar surface area (TPSA) is 35.9 Å². The molecule has 0 aliphatic rings. The molecule has 0 saturated heterocycles. The zero-order chi connectivity index (χ0) is 33.5. The number of rotatable bonds is 4. The second-order valence-corrected chi connectivity index (χ2v) is 13.1. The summed E-state index contributed by atoms with van der Waals surface area (Å²) in [6.07, 6.45) is 1.83. The van der Waals surface area contributed by atoms with Crippen LogP contribution in [0, 0.1) is 0 Å². The first kappa shape index (κ1) is 28.0. The van der Waals surface area contributed by atoms with Crippen LogP contribution in [0.4, 0.5) is 0 Å². The molecule has 0 saturated carbocycles. The second-order valence-electron chi connectivity index (χ2n) is 13.1. The van der Waals surface area contributed by atoms with E-state index in [0.717, 1.165) is 44.5 Å². The number of benzene rings is 7. The summed E-state index contributed by atoms with van der Waals surface area (Å²) >= 11 is 0. The Bertz CT molecular complexity index is 3130. The van der Waals surface area contributed by atoms with Gasteiger partial charge in [0.25, 0.3) is 0 Å². The van der Waals surface area contributed by atoms with Gasteiger partial charge in [-0.25, -0.2) is 0 Å². The van der Waals surface area contributed by atoms with Crippen LogP contribution in [0.2, 0.25) is 0 Å². The number of hydrogen-bond donors (Lipinski definition) is 0. The van der Waals surface area contributed by atoms with Crippen molar-refractivity contribution in [1.82, 2.24) is 14.1 Å². The molecule has 0 bridgehead atoms. The summed E-state index contributed by atoms with van der Waals surface area (Å²) in [6, 6.07) is 60.8. The van der Waals surface area contributed by atoms with Crippen molar-refractivity contribution >= 4 is 65.7 Å². The highest BCUT2D eigenvalue weighted by molar-refractivity contribution is 6.20. The van der Waals surface area contributed by atoms with E-state index in [2.05, 4.69) is 172 Å². The monoisotopic (exact) mass is 651 g/mol. The zero-order valence-corrected chi connectivity index (χ0v) is 27.5. The second kappa shape index (κ2) is 10.8. The Hall–Kier alpha value is -6.91. The van der Waals surface area contributed by atoms with Gasteiger partial charge in [0.05, 0.1) is 27.8 Å². The molecule has 4 aromatic heterocycles. The lowest BCUT2D eigenvalue weighted by Gasteiger charge is -2.15. The van der Waals surface area contributed by atoms with Crippen LogP contribution in [0.15, 0.2) is 180 Å². The summed E-state index contributed by atoms with van der Waals surface area (Å²) in [5, 5.41) is 5.88. The van der Waals surface area contributed by atoms with E-state index < -0.39 is 0 Å². The number of aromatic nitrogens is 3. The van der Waals surface area contributed by atoms with Crippen molar-refractivity contribution in [2.24, 2.45) is 0 Å². The lowest BCUT2D eigenvalue weighted by molar-refractivity contribution is 0.665. The predicted octanol–water partition coefficient (Wildman–Crippen LogP) is 12.5. The highest BCUT2D eigenvalue weighted by Gasteiger charge is 2.23. The maximum absolute atomic E-state index is 6.54. The maximum atomic E-state index is 6.54. The molecule has 0 radical (unpaired) electrons. The molecule has 4 nitrogen and oxygen atoms in total. The van der Waals surface area contributed by atoms with Crippen LogP contribution in [0.1, 0.15) is 0 Å². The van der Waals surface area contributed by atoms with Crippen molar-refractivity contribution in [2.75, 3.05) is 0 Å². The lowest BCUT2D eigenvalue weighted by Crippen LogP contribution is -1.95. The van der Waals surface area contributed by atoms with Gasteiger partial charge in [-0.15, -0.1) is 0 Å². The van der Waals surface area contributed by atoms with E-state index in [0.29, 0.717) is 0 Å². The fourth-order valence-corrected chi connectivity index (χ4v) is 8.23. The Balaban J connectivity index is 1.27. The molecule has 0 aliphatic carbocycles. The third kappa shape index (κ3) is 4.05. The smallest absolute Gasteiger partial charge is 0.161 e. The van der Waals surface area contributed by atoms with Crippen LogP contribution in [0.5, 0.6) is 0 Å². The van der Waals surface area contributed by atoms with Crippen LogP contribution in [-0.4, -0.2) is 14.1 Å². The molecule has 51 heavy (non-hydrogen) atoms. The first-order valence-electron chi connectivity index (χ1n) is 17.3. The van der Waals surface area contributed by atoms with Gasteiger partial charge in [0, 0.05) is 38.8 Å². The Morgan fingerprint density at radius 2 is 1.12 bits per heavy atom. The van der Waals surface area contributed by atoms with Gasteiger partial charge in [-0.3, -0.25) is 4.98 Å². The first-order valence-corrected chi connectivity index (χ1v) is 17.3. The SMILES string of the molecule is c1ccc(-c2cc3c(cc2-c2cccc4c2c2ccccc2n4-c2cccc4c2oc2cccnc24)c2ccccc2n3-c2ccccc2)cc1. The molecule has 7 aromatic carbocycles. The zero-order valence-electron chi connectivity index (χ0n) is 27.5. The van der Waals surface area contributed by atoms with E-state index in [4.69, 9.17) is 4.42 Å². The summed E-state index contributed by atoms with van der Waals surface area (Å²) in [5.74, 6) is 0. The van der Waals surface area contributed by atoms with Gasteiger partial charge in [-0.2, -0.15) is 0 Å². The average Bonchev–Trinajstić information content (AvgIpc) is 3.86. The summed E-state index contributed by atoms with van der Waals surface area (Å²) in [6.45, 7) is 0. The minimum absolute atomic E-state index is 0.789. The summed E-state index contributed by atoms with van der Waals surface area (Å²) in [4.78, 5) is 4.67. The van der Waals surface area contributed by atoms with E-state index in [9.17, 15) is 0 Å². The molecule has 4 heteroatoms. The van der Waals surface area contributed by atoms with Crippen LogP contribution in [-0.2, 0) is 0 Å². The molecular formula is C47H29N3O. The first-order chi connectivity index (χ1) is 25.3. The maximum Gasteiger partial charge on any atom is 0.161 e. The number of fused-ring (bicyclic) bond motifs is 9. The van der Waals surface area contributed by atoms with Crippen molar-refractivity contribution < 1.29 is 4.42 Å². The van der Waals surface area contributed by atoms with E-state index in [1.54, 1.807) is 0 Å². The number of nitrogens with zero attached hydrogens (tertiary/aromatic N) is 3. The van der Waals surface area contributed by atoms with Gasteiger partial charge >= 0.3 is 0 Å². The normalized spacial score (nSPS) is 11.9. The fraction of sp³-hybridized carbons (Fsp3) is 0. The lowest BCUT2D eigenvalue weighted by atomic mass is 9.90. The van der Waals surface area contributed by atoms with Crippen molar-refractivity contribution in [3.05, 3.63) is 176 Å². The van der Waals surface area contributed by atoms with Crippen LogP contribution in [0.25, 0.3) is 99.3 Å².